The number of nitrogens with zero attached hydrogens (tertiary/aromatic N) is 3. The van der Waals surface area contributed by atoms with Crippen molar-refractivity contribution in [2.75, 3.05) is 5.32 Å². The first-order valence-electron chi connectivity index (χ1n) is 9.25. The molecule has 2 atom stereocenters. The highest BCUT2D eigenvalue weighted by Crippen LogP contribution is 2.26. The van der Waals surface area contributed by atoms with E-state index in [1.54, 1.807) is 38.1 Å². The van der Waals surface area contributed by atoms with Crippen LogP contribution >= 0.6 is 35.0 Å². The molecule has 0 aliphatic heterocycles. The van der Waals surface area contributed by atoms with Crippen LogP contribution in [-0.2, 0) is 11.3 Å². The van der Waals surface area contributed by atoms with E-state index in [0.717, 1.165) is 11.8 Å². The van der Waals surface area contributed by atoms with Gasteiger partial charge in [-0.05, 0) is 50.2 Å². The van der Waals surface area contributed by atoms with Gasteiger partial charge < -0.3 is 10.4 Å². The van der Waals surface area contributed by atoms with Crippen molar-refractivity contribution in [3.63, 3.8) is 0 Å². The minimum Gasteiger partial charge on any atom is -0.392 e. The highest BCUT2D eigenvalue weighted by Gasteiger charge is 2.21. The topological polar surface area (TPSA) is 108 Å². The molecular formula is C21H18Cl2N4O3S. The second-order valence-corrected chi connectivity index (χ2v) is 9.03. The maximum Gasteiger partial charge on any atom is 0.262 e. The smallest absolute Gasteiger partial charge is 0.262 e. The van der Waals surface area contributed by atoms with Crippen LogP contribution < -0.4 is 10.9 Å². The van der Waals surface area contributed by atoms with E-state index in [1.807, 2.05) is 6.07 Å². The Morgan fingerprint density at radius 2 is 2.03 bits per heavy atom. The predicted molar refractivity (Wildman–Crippen MR) is 123 cm³/mol. The van der Waals surface area contributed by atoms with Crippen LogP contribution in [0.5, 0.6) is 0 Å². The van der Waals surface area contributed by atoms with Crippen molar-refractivity contribution in [2.24, 2.45) is 0 Å². The Balaban J connectivity index is 1.90. The zero-order valence-electron chi connectivity index (χ0n) is 16.6. The fourth-order valence-corrected chi connectivity index (χ4v) is 4.14. The molecule has 2 unspecified atom stereocenters. The van der Waals surface area contributed by atoms with Gasteiger partial charge in [-0.3, -0.25) is 14.2 Å². The van der Waals surface area contributed by atoms with E-state index in [-0.39, 0.29) is 23.0 Å². The van der Waals surface area contributed by atoms with Crippen LogP contribution in [0, 0.1) is 11.3 Å². The molecule has 0 radical (unpaired) electrons. The van der Waals surface area contributed by atoms with Crippen molar-refractivity contribution in [1.29, 1.82) is 5.26 Å². The summed E-state index contributed by atoms with van der Waals surface area (Å²) in [5.74, 6) is -0.338. The first-order valence-corrected chi connectivity index (χ1v) is 10.9. The molecule has 31 heavy (non-hydrogen) atoms. The second kappa shape index (κ2) is 9.71. The number of thioether (sulfide) groups is 1. The summed E-state index contributed by atoms with van der Waals surface area (Å²) < 4.78 is 1.36. The monoisotopic (exact) mass is 476 g/mol. The maximum absolute atomic E-state index is 13.0. The number of aliphatic hydroxyl groups excluding tert-OH is 1. The van der Waals surface area contributed by atoms with Crippen molar-refractivity contribution < 1.29 is 9.90 Å². The molecule has 3 rings (SSSR count). The molecule has 160 valence electrons. The van der Waals surface area contributed by atoms with Gasteiger partial charge in [0.15, 0.2) is 5.16 Å². The summed E-state index contributed by atoms with van der Waals surface area (Å²) in [5, 5.41) is 22.3. The standard InChI is InChI=1S/C21H18Cl2N4O3S/c1-11(28)10-27-20(30)16-6-4-14(22)7-18(16)26-21(27)31-12(2)19(29)25-15-5-3-13(9-24)17(23)8-15/h3-8,11-12,28H,10H2,1-2H3,(H,25,29). The van der Waals surface area contributed by atoms with Gasteiger partial charge in [0, 0.05) is 10.7 Å². The zero-order chi connectivity index (χ0) is 22.7. The van der Waals surface area contributed by atoms with Crippen LogP contribution in [0.1, 0.15) is 19.4 Å². The molecular weight excluding hydrogens is 459 g/mol. The van der Waals surface area contributed by atoms with E-state index in [9.17, 15) is 14.7 Å². The molecule has 0 aliphatic rings. The number of carbonyl (C=O) groups excluding carboxylic acids is 1. The van der Waals surface area contributed by atoms with Crippen LogP contribution in [0.3, 0.4) is 0 Å². The number of hydrogen-bond acceptors (Lipinski definition) is 6. The Bertz CT molecular complexity index is 1250. The van der Waals surface area contributed by atoms with E-state index in [1.165, 1.54) is 16.7 Å². The Morgan fingerprint density at radius 1 is 1.29 bits per heavy atom. The number of anilines is 1. The third kappa shape index (κ3) is 5.38. The minimum absolute atomic E-state index is 0.0340. The van der Waals surface area contributed by atoms with E-state index in [2.05, 4.69) is 10.3 Å². The molecule has 0 spiro atoms. The number of nitriles is 1. The molecule has 0 saturated carbocycles. The summed E-state index contributed by atoms with van der Waals surface area (Å²) in [7, 11) is 0. The largest absolute Gasteiger partial charge is 0.392 e. The summed E-state index contributed by atoms with van der Waals surface area (Å²) in [6.45, 7) is 3.27. The quantitative estimate of drug-likeness (QED) is 0.409. The molecule has 3 aromatic rings. The number of aliphatic hydroxyl groups is 1. The molecule has 10 heteroatoms. The highest BCUT2D eigenvalue weighted by molar-refractivity contribution is 8.00. The van der Waals surface area contributed by atoms with Gasteiger partial charge in [0.05, 0.1) is 39.4 Å². The van der Waals surface area contributed by atoms with Gasteiger partial charge in [-0.15, -0.1) is 0 Å². The summed E-state index contributed by atoms with van der Waals surface area (Å²) in [4.78, 5) is 30.2. The number of fused-ring (bicyclic) bond motifs is 1. The van der Waals surface area contributed by atoms with E-state index >= 15 is 0 Å². The molecule has 0 bridgehead atoms. The summed E-state index contributed by atoms with van der Waals surface area (Å²) in [5.41, 5.74) is 0.842. The lowest BCUT2D eigenvalue weighted by molar-refractivity contribution is -0.115. The van der Waals surface area contributed by atoms with Gasteiger partial charge in [0.2, 0.25) is 5.91 Å². The van der Waals surface area contributed by atoms with Gasteiger partial charge in [-0.25, -0.2) is 4.98 Å². The van der Waals surface area contributed by atoms with E-state index in [0.29, 0.717) is 32.3 Å². The summed E-state index contributed by atoms with van der Waals surface area (Å²) >= 11 is 13.1. The lowest BCUT2D eigenvalue weighted by Gasteiger charge is -2.17. The highest BCUT2D eigenvalue weighted by atomic mass is 35.5. The lowest BCUT2D eigenvalue weighted by atomic mass is 10.2. The van der Waals surface area contributed by atoms with E-state index < -0.39 is 11.4 Å². The molecule has 0 saturated heterocycles. The minimum atomic E-state index is -0.784. The summed E-state index contributed by atoms with van der Waals surface area (Å²) in [6.07, 6.45) is -0.784. The average molecular weight is 477 g/mol. The Labute approximate surface area is 192 Å². The van der Waals surface area contributed by atoms with Gasteiger partial charge in [0.1, 0.15) is 6.07 Å². The molecule has 1 aromatic heterocycles. The predicted octanol–water partition coefficient (Wildman–Crippen LogP) is 4.08. The van der Waals surface area contributed by atoms with Crippen LogP contribution in [-0.4, -0.2) is 31.9 Å². The maximum atomic E-state index is 13.0. The lowest BCUT2D eigenvalue weighted by Crippen LogP contribution is -2.29. The molecule has 7 nitrogen and oxygen atoms in total. The fourth-order valence-electron chi connectivity index (χ4n) is 2.83. The fraction of sp³-hybridized carbons (Fsp3) is 0.238. The molecule has 0 aliphatic carbocycles. The van der Waals surface area contributed by atoms with E-state index in [4.69, 9.17) is 28.5 Å². The van der Waals surface area contributed by atoms with Gasteiger partial charge in [-0.2, -0.15) is 5.26 Å². The second-order valence-electron chi connectivity index (χ2n) is 6.88. The zero-order valence-corrected chi connectivity index (χ0v) is 18.9. The Kier molecular flexibility index (Phi) is 7.23. The Hall–Kier alpha value is -2.57. The normalized spacial score (nSPS) is 12.9. The molecule has 0 fully saturated rings. The first-order chi connectivity index (χ1) is 14.7. The van der Waals surface area contributed by atoms with Crippen molar-refractivity contribution in [3.05, 3.63) is 62.4 Å². The van der Waals surface area contributed by atoms with Crippen molar-refractivity contribution in [1.82, 2.24) is 9.55 Å². The van der Waals surface area contributed by atoms with Crippen molar-refractivity contribution >= 4 is 57.5 Å². The molecule has 2 N–H and O–H groups in total. The number of nitrogens with one attached hydrogen (secondary N) is 1. The van der Waals surface area contributed by atoms with Gasteiger partial charge >= 0.3 is 0 Å². The molecule has 1 amide bonds. The third-order valence-electron chi connectivity index (χ3n) is 4.34. The summed E-state index contributed by atoms with van der Waals surface area (Å²) in [6, 6.07) is 11.3. The number of hydrogen-bond donors (Lipinski definition) is 2. The van der Waals surface area contributed by atoms with Crippen LogP contribution in [0.25, 0.3) is 10.9 Å². The number of benzene rings is 2. The SMILES string of the molecule is CC(O)Cn1c(SC(C)C(=O)Nc2ccc(C#N)c(Cl)c2)nc2cc(Cl)ccc2c1=O. The molecule has 2 aromatic carbocycles. The van der Waals surface area contributed by atoms with Crippen LogP contribution in [0.4, 0.5) is 5.69 Å². The van der Waals surface area contributed by atoms with Crippen molar-refractivity contribution in [2.45, 2.75) is 36.9 Å². The van der Waals surface area contributed by atoms with Crippen LogP contribution in [0.2, 0.25) is 10.0 Å². The van der Waals surface area contributed by atoms with Crippen LogP contribution in [0.15, 0.2) is 46.3 Å². The number of halogens is 2. The first kappa shape index (κ1) is 23.1. The average Bonchev–Trinajstić information content (AvgIpc) is 2.70. The number of aromatic nitrogens is 2. The third-order valence-corrected chi connectivity index (χ3v) is 5.98. The molecule has 1 heterocycles. The number of rotatable bonds is 6. The number of carbonyl (C=O) groups is 1. The van der Waals surface area contributed by atoms with Crippen molar-refractivity contribution in [3.8, 4) is 6.07 Å². The van der Waals surface area contributed by atoms with Gasteiger partial charge in [0.25, 0.3) is 5.56 Å². The van der Waals surface area contributed by atoms with Gasteiger partial charge in [-0.1, -0.05) is 35.0 Å². The Morgan fingerprint density at radius 3 is 2.68 bits per heavy atom. The number of amides is 1.